The van der Waals surface area contributed by atoms with Gasteiger partial charge in [-0.1, -0.05) is 91.0 Å². The van der Waals surface area contributed by atoms with Crippen molar-refractivity contribution in [3.8, 4) is 0 Å². The quantitative estimate of drug-likeness (QED) is 0.297. The Morgan fingerprint density at radius 1 is 0.711 bits per heavy atom. The molecule has 202 valence electrons. The van der Waals surface area contributed by atoms with Gasteiger partial charge < -0.3 is 23.7 Å². The fraction of sp³-hybridized carbons (Fsp3) is 0.455. The highest BCUT2D eigenvalue weighted by Crippen LogP contribution is 2.43. The predicted molar refractivity (Wildman–Crippen MR) is 148 cm³/mol. The molecule has 0 N–H and O–H groups in total. The minimum atomic E-state index is -0.821. The van der Waals surface area contributed by atoms with Gasteiger partial charge in [-0.15, -0.1) is 0 Å². The summed E-state index contributed by atoms with van der Waals surface area (Å²) in [5.41, 5.74) is 2.05. The molecule has 0 saturated carbocycles. The van der Waals surface area contributed by atoms with Crippen LogP contribution in [0.2, 0.25) is 0 Å². The Kier molecular flexibility index (Phi) is 8.32. The number of ether oxygens (including phenoxy) is 5. The predicted octanol–water partition coefficient (Wildman–Crippen LogP) is 6.69. The van der Waals surface area contributed by atoms with Crippen LogP contribution in [0, 0.1) is 5.92 Å². The van der Waals surface area contributed by atoms with E-state index in [0.29, 0.717) is 13.2 Å². The van der Waals surface area contributed by atoms with E-state index in [-0.39, 0.29) is 36.3 Å². The molecule has 2 fully saturated rings. The Balaban J connectivity index is 1.51. The number of rotatable bonds is 9. The molecule has 5 heteroatoms. The molecule has 2 aliphatic heterocycles. The Hall–Kier alpha value is -2.54. The molecule has 1 unspecified atom stereocenters. The van der Waals surface area contributed by atoms with Gasteiger partial charge in [0.1, 0.15) is 11.7 Å². The lowest BCUT2D eigenvalue weighted by Gasteiger charge is -2.42. The highest BCUT2D eigenvalue weighted by atomic mass is 16.7. The molecular formula is C33H40O5. The molecule has 0 radical (unpaired) electrons. The van der Waals surface area contributed by atoms with Gasteiger partial charge in [0.2, 0.25) is 0 Å². The molecule has 5 atom stereocenters. The first-order chi connectivity index (χ1) is 18.4. The van der Waals surface area contributed by atoms with Crippen LogP contribution < -0.4 is 0 Å². The molecular weight excluding hydrogens is 476 g/mol. The van der Waals surface area contributed by atoms with Gasteiger partial charge in [-0.25, -0.2) is 0 Å². The van der Waals surface area contributed by atoms with Crippen molar-refractivity contribution < 1.29 is 23.7 Å². The molecule has 0 bridgehead atoms. The number of hydrogen-bond acceptors (Lipinski definition) is 5. The van der Waals surface area contributed by atoms with Crippen LogP contribution in [-0.4, -0.2) is 43.6 Å². The van der Waals surface area contributed by atoms with E-state index in [1.807, 2.05) is 25.1 Å². The van der Waals surface area contributed by atoms with Gasteiger partial charge in [-0.3, -0.25) is 0 Å². The smallest absolute Gasteiger partial charge is 0.159 e. The van der Waals surface area contributed by atoms with Crippen molar-refractivity contribution in [3.63, 3.8) is 0 Å². The summed E-state index contributed by atoms with van der Waals surface area (Å²) in [5, 5.41) is 0. The third kappa shape index (κ3) is 5.88. The Morgan fingerprint density at radius 2 is 1.21 bits per heavy atom. The van der Waals surface area contributed by atoms with Gasteiger partial charge >= 0.3 is 0 Å². The fourth-order valence-electron chi connectivity index (χ4n) is 5.79. The second-order valence-electron chi connectivity index (χ2n) is 11.1. The van der Waals surface area contributed by atoms with Crippen LogP contribution in [0.1, 0.15) is 57.2 Å². The van der Waals surface area contributed by atoms with E-state index >= 15 is 0 Å². The zero-order valence-electron chi connectivity index (χ0n) is 22.9. The largest absolute Gasteiger partial charge is 0.358 e. The van der Waals surface area contributed by atoms with Crippen molar-refractivity contribution in [2.75, 3.05) is 13.2 Å². The summed E-state index contributed by atoms with van der Waals surface area (Å²) in [6.07, 6.45) is 0.644. The summed E-state index contributed by atoms with van der Waals surface area (Å²) in [5.74, 6) is 0.279. The summed E-state index contributed by atoms with van der Waals surface area (Å²) in [6.45, 7) is 9.14. The lowest BCUT2D eigenvalue weighted by atomic mass is 9.80. The molecule has 2 saturated heterocycles. The Labute approximate surface area is 227 Å². The lowest BCUT2D eigenvalue weighted by Crippen LogP contribution is -2.49. The number of fused-ring (bicyclic) bond motifs is 1. The lowest BCUT2D eigenvalue weighted by molar-refractivity contribution is -0.280. The van der Waals surface area contributed by atoms with E-state index in [9.17, 15) is 0 Å². The van der Waals surface area contributed by atoms with Crippen LogP contribution in [0.3, 0.4) is 0 Å². The van der Waals surface area contributed by atoms with Crippen molar-refractivity contribution in [2.45, 2.75) is 76.5 Å². The van der Waals surface area contributed by atoms with E-state index in [2.05, 4.69) is 93.6 Å². The standard InChI is InChI=1S/C33H40O5/c1-5-34-29-21-24-22-30(38-32(2,3)4)36-28(31(24)37-29)23-35-33(25-15-9-6-10-16-25,26-17-11-7-12-18-26)27-19-13-8-14-20-27/h6-20,24,28-31H,5,21-23H2,1-4H3/t24-,28+,29?,30+,31-/m0/s1. The van der Waals surface area contributed by atoms with Crippen molar-refractivity contribution in [2.24, 2.45) is 5.92 Å². The van der Waals surface area contributed by atoms with Crippen molar-refractivity contribution >= 4 is 0 Å². The van der Waals surface area contributed by atoms with Gasteiger partial charge in [0.15, 0.2) is 12.6 Å². The molecule has 0 aromatic heterocycles. The average molecular weight is 517 g/mol. The molecule has 0 aliphatic carbocycles. The molecule has 0 spiro atoms. The average Bonchev–Trinajstić information content (AvgIpc) is 3.33. The molecule has 3 aromatic carbocycles. The third-order valence-corrected chi connectivity index (χ3v) is 7.30. The highest BCUT2D eigenvalue weighted by Gasteiger charge is 2.49. The minimum absolute atomic E-state index is 0.119. The second-order valence-corrected chi connectivity index (χ2v) is 11.1. The molecule has 5 nitrogen and oxygen atoms in total. The van der Waals surface area contributed by atoms with Crippen molar-refractivity contribution in [1.29, 1.82) is 0 Å². The van der Waals surface area contributed by atoms with E-state index in [0.717, 1.165) is 29.5 Å². The van der Waals surface area contributed by atoms with Gasteiger partial charge in [0.25, 0.3) is 0 Å². The van der Waals surface area contributed by atoms with Crippen LogP contribution >= 0.6 is 0 Å². The zero-order valence-corrected chi connectivity index (χ0v) is 22.9. The van der Waals surface area contributed by atoms with Gasteiger partial charge in [0, 0.05) is 19.4 Å². The molecule has 0 amide bonds. The van der Waals surface area contributed by atoms with E-state index in [4.69, 9.17) is 23.7 Å². The highest BCUT2D eigenvalue weighted by molar-refractivity contribution is 5.47. The Bertz CT molecular complexity index is 1030. The Morgan fingerprint density at radius 3 is 1.68 bits per heavy atom. The molecule has 3 aromatic rings. The van der Waals surface area contributed by atoms with Crippen LogP contribution in [0.25, 0.3) is 0 Å². The second kappa shape index (κ2) is 11.7. The van der Waals surface area contributed by atoms with Crippen LogP contribution in [0.5, 0.6) is 0 Å². The van der Waals surface area contributed by atoms with Crippen molar-refractivity contribution in [1.82, 2.24) is 0 Å². The summed E-state index contributed by atoms with van der Waals surface area (Å²) in [4.78, 5) is 0. The van der Waals surface area contributed by atoms with Crippen LogP contribution in [0.4, 0.5) is 0 Å². The molecule has 2 aliphatic rings. The normalized spacial score (nSPS) is 25.7. The van der Waals surface area contributed by atoms with E-state index < -0.39 is 5.60 Å². The topological polar surface area (TPSA) is 46.2 Å². The van der Waals surface area contributed by atoms with Crippen molar-refractivity contribution in [3.05, 3.63) is 108 Å². The molecule has 2 heterocycles. The van der Waals surface area contributed by atoms with Gasteiger partial charge in [0.05, 0.1) is 18.3 Å². The van der Waals surface area contributed by atoms with E-state index in [1.54, 1.807) is 0 Å². The third-order valence-electron chi connectivity index (χ3n) is 7.30. The summed E-state index contributed by atoms with van der Waals surface area (Å²) >= 11 is 0. The summed E-state index contributed by atoms with van der Waals surface area (Å²) in [6, 6.07) is 31.3. The fourth-order valence-corrected chi connectivity index (χ4v) is 5.79. The molecule has 38 heavy (non-hydrogen) atoms. The van der Waals surface area contributed by atoms with Crippen LogP contribution in [-0.2, 0) is 29.3 Å². The monoisotopic (exact) mass is 516 g/mol. The maximum atomic E-state index is 7.11. The van der Waals surface area contributed by atoms with Gasteiger partial charge in [-0.05, 0) is 50.3 Å². The van der Waals surface area contributed by atoms with Gasteiger partial charge in [-0.2, -0.15) is 0 Å². The van der Waals surface area contributed by atoms with E-state index in [1.165, 1.54) is 0 Å². The van der Waals surface area contributed by atoms with Crippen LogP contribution in [0.15, 0.2) is 91.0 Å². The summed E-state index contributed by atoms with van der Waals surface area (Å²) in [7, 11) is 0. The first-order valence-electron chi connectivity index (χ1n) is 13.8. The first kappa shape index (κ1) is 27.0. The number of hydrogen-bond donors (Lipinski definition) is 0. The summed E-state index contributed by atoms with van der Waals surface area (Å²) < 4.78 is 32.3. The maximum absolute atomic E-state index is 7.11. The first-order valence-corrected chi connectivity index (χ1v) is 13.8. The molecule has 5 rings (SSSR count). The minimum Gasteiger partial charge on any atom is -0.358 e. The zero-order chi connectivity index (χ0) is 26.6. The SMILES string of the molecule is CCOC1C[C@H]2C[C@@H](OC(C)(C)C)O[C@H](COC(c3ccccc3)(c3ccccc3)c3ccccc3)[C@H]2O1. The maximum Gasteiger partial charge on any atom is 0.159 e. The number of benzene rings is 3.